The maximum absolute atomic E-state index is 13.5. The zero-order chi connectivity index (χ0) is 14.4. The van der Waals surface area contributed by atoms with E-state index in [0.29, 0.717) is 13.0 Å². The fourth-order valence-electron chi connectivity index (χ4n) is 1.47. The van der Waals surface area contributed by atoms with E-state index in [-0.39, 0.29) is 17.3 Å². The second kappa shape index (κ2) is 6.79. The third-order valence-electron chi connectivity index (χ3n) is 2.54. The van der Waals surface area contributed by atoms with Crippen molar-refractivity contribution in [3.8, 4) is 0 Å². The summed E-state index contributed by atoms with van der Waals surface area (Å²) in [6.07, 6.45) is 0.568. The average Bonchev–Trinajstić information content (AvgIpc) is 2.36. The molecule has 6 nitrogen and oxygen atoms in total. The molecule has 1 aromatic rings. The van der Waals surface area contributed by atoms with Crippen molar-refractivity contribution in [1.29, 1.82) is 0 Å². The first kappa shape index (κ1) is 15.0. The Morgan fingerprint density at radius 2 is 2.26 bits per heavy atom. The summed E-state index contributed by atoms with van der Waals surface area (Å²) in [5, 5.41) is 13.1. The smallest absolute Gasteiger partial charge is 0.270 e. The van der Waals surface area contributed by atoms with Gasteiger partial charge in [-0.15, -0.1) is 0 Å². The van der Waals surface area contributed by atoms with Crippen LogP contribution in [0, 0.1) is 15.9 Å². The number of nitro groups is 1. The molecular weight excluding hydrogens is 255 g/mol. The van der Waals surface area contributed by atoms with E-state index in [9.17, 15) is 19.3 Å². The lowest BCUT2D eigenvalue weighted by Gasteiger charge is -2.13. The number of halogens is 1. The molecule has 1 atom stereocenters. The summed E-state index contributed by atoms with van der Waals surface area (Å²) in [7, 11) is 1.54. The van der Waals surface area contributed by atoms with Crippen LogP contribution in [0.1, 0.15) is 23.7 Å². The number of carbonyl (C=O) groups excluding carboxylic acids is 1. The zero-order valence-electron chi connectivity index (χ0n) is 10.7. The first-order valence-electron chi connectivity index (χ1n) is 5.69. The Kier molecular flexibility index (Phi) is 5.37. The van der Waals surface area contributed by atoms with E-state index < -0.39 is 16.6 Å². The maximum atomic E-state index is 13.5. The molecule has 1 aromatic carbocycles. The molecule has 19 heavy (non-hydrogen) atoms. The molecule has 0 radical (unpaired) electrons. The molecule has 0 aliphatic carbocycles. The molecule has 0 spiro atoms. The standard InChI is InChI=1S/C12H15FN2O4/c1-8(5-6-19-2)14-12(16)10-7-9(15(17)18)3-4-11(10)13/h3-4,7-8H,5-6H2,1-2H3,(H,14,16). The van der Waals surface area contributed by atoms with E-state index in [1.165, 1.54) is 7.11 Å². The van der Waals surface area contributed by atoms with Gasteiger partial charge in [0, 0.05) is 31.9 Å². The van der Waals surface area contributed by atoms with Gasteiger partial charge in [-0.1, -0.05) is 0 Å². The molecule has 0 aromatic heterocycles. The third kappa shape index (κ3) is 4.29. The monoisotopic (exact) mass is 270 g/mol. The number of hydrogen-bond donors (Lipinski definition) is 1. The Morgan fingerprint density at radius 1 is 1.58 bits per heavy atom. The lowest BCUT2D eigenvalue weighted by molar-refractivity contribution is -0.384. The molecule has 7 heteroatoms. The molecule has 0 fully saturated rings. The fourth-order valence-corrected chi connectivity index (χ4v) is 1.47. The Hall–Kier alpha value is -2.02. The van der Waals surface area contributed by atoms with Crippen LogP contribution in [0.4, 0.5) is 10.1 Å². The largest absolute Gasteiger partial charge is 0.385 e. The maximum Gasteiger partial charge on any atom is 0.270 e. The molecule has 1 unspecified atom stereocenters. The van der Waals surface area contributed by atoms with Gasteiger partial charge in [0.15, 0.2) is 0 Å². The number of ether oxygens (including phenoxy) is 1. The summed E-state index contributed by atoms with van der Waals surface area (Å²) in [6, 6.07) is 2.63. The van der Waals surface area contributed by atoms with Crippen LogP contribution in [0.5, 0.6) is 0 Å². The number of non-ortho nitro benzene ring substituents is 1. The van der Waals surface area contributed by atoms with Crippen LogP contribution >= 0.6 is 0 Å². The number of hydrogen-bond acceptors (Lipinski definition) is 4. The molecule has 1 rings (SSSR count). The highest BCUT2D eigenvalue weighted by atomic mass is 19.1. The third-order valence-corrected chi connectivity index (χ3v) is 2.54. The van der Waals surface area contributed by atoms with Gasteiger partial charge in [-0.05, 0) is 19.4 Å². The summed E-state index contributed by atoms with van der Waals surface area (Å²) in [4.78, 5) is 21.7. The van der Waals surface area contributed by atoms with E-state index in [2.05, 4.69) is 5.32 Å². The lowest BCUT2D eigenvalue weighted by atomic mass is 10.1. The molecule has 104 valence electrons. The Balaban J connectivity index is 2.81. The number of rotatable bonds is 6. The molecule has 0 saturated carbocycles. The van der Waals surface area contributed by atoms with Gasteiger partial charge >= 0.3 is 0 Å². The Labute approximate surface area is 109 Å². The number of methoxy groups -OCH3 is 1. The summed E-state index contributed by atoms with van der Waals surface area (Å²) >= 11 is 0. The molecule has 1 N–H and O–H groups in total. The minimum Gasteiger partial charge on any atom is -0.385 e. The van der Waals surface area contributed by atoms with E-state index in [1.54, 1.807) is 6.92 Å². The predicted octanol–water partition coefficient (Wildman–Crippen LogP) is 1.89. The Bertz CT molecular complexity index is 479. The Morgan fingerprint density at radius 3 is 2.84 bits per heavy atom. The topological polar surface area (TPSA) is 81.5 Å². The number of benzene rings is 1. The molecule has 0 saturated heterocycles. The fraction of sp³-hybridized carbons (Fsp3) is 0.417. The molecule has 0 bridgehead atoms. The number of nitro benzene ring substituents is 1. The summed E-state index contributed by atoms with van der Waals surface area (Å²) in [6.45, 7) is 2.20. The highest BCUT2D eigenvalue weighted by Crippen LogP contribution is 2.16. The first-order valence-corrected chi connectivity index (χ1v) is 5.69. The van der Waals surface area contributed by atoms with E-state index in [4.69, 9.17) is 4.74 Å². The minimum atomic E-state index is -0.790. The number of carbonyl (C=O) groups is 1. The van der Waals surface area contributed by atoms with Crippen molar-refractivity contribution in [2.24, 2.45) is 0 Å². The first-order chi connectivity index (χ1) is 8.95. The number of nitrogens with zero attached hydrogens (tertiary/aromatic N) is 1. The van der Waals surface area contributed by atoms with E-state index in [0.717, 1.165) is 18.2 Å². The van der Waals surface area contributed by atoms with Crippen molar-refractivity contribution in [2.75, 3.05) is 13.7 Å². The van der Waals surface area contributed by atoms with Crippen molar-refractivity contribution >= 4 is 11.6 Å². The van der Waals surface area contributed by atoms with Crippen LogP contribution < -0.4 is 5.32 Å². The van der Waals surface area contributed by atoms with Crippen molar-refractivity contribution in [1.82, 2.24) is 5.32 Å². The highest BCUT2D eigenvalue weighted by Gasteiger charge is 2.18. The van der Waals surface area contributed by atoms with Crippen LogP contribution in [-0.2, 0) is 4.74 Å². The van der Waals surface area contributed by atoms with Gasteiger partial charge < -0.3 is 10.1 Å². The SMILES string of the molecule is COCCC(C)NC(=O)c1cc([N+](=O)[O-])ccc1F. The van der Waals surface area contributed by atoms with Gasteiger partial charge in [0.1, 0.15) is 5.82 Å². The van der Waals surface area contributed by atoms with E-state index in [1.807, 2.05) is 0 Å². The van der Waals surface area contributed by atoms with Gasteiger partial charge in [0.2, 0.25) is 0 Å². The van der Waals surface area contributed by atoms with E-state index >= 15 is 0 Å². The predicted molar refractivity (Wildman–Crippen MR) is 66.5 cm³/mol. The number of amides is 1. The summed E-state index contributed by atoms with van der Waals surface area (Å²) in [5.74, 6) is -1.47. The van der Waals surface area contributed by atoms with Crippen molar-refractivity contribution in [3.05, 3.63) is 39.7 Å². The minimum absolute atomic E-state index is 0.217. The van der Waals surface area contributed by atoms with Crippen LogP contribution in [0.2, 0.25) is 0 Å². The van der Waals surface area contributed by atoms with Crippen molar-refractivity contribution in [3.63, 3.8) is 0 Å². The summed E-state index contributed by atoms with van der Waals surface area (Å²) < 4.78 is 18.3. The average molecular weight is 270 g/mol. The molecule has 0 heterocycles. The molecule has 0 aliphatic rings. The quantitative estimate of drug-likeness (QED) is 0.632. The molecular formula is C12H15FN2O4. The van der Waals surface area contributed by atoms with Gasteiger partial charge in [-0.25, -0.2) is 4.39 Å². The highest BCUT2D eigenvalue weighted by molar-refractivity contribution is 5.95. The second-order valence-electron chi connectivity index (χ2n) is 4.08. The van der Waals surface area contributed by atoms with Crippen LogP contribution in [0.3, 0.4) is 0 Å². The van der Waals surface area contributed by atoms with Gasteiger partial charge in [-0.2, -0.15) is 0 Å². The van der Waals surface area contributed by atoms with Gasteiger partial charge in [-0.3, -0.25) is 14.9 Å². The molecule has 0 aliphatic heterocycles. The number of nitrogens with one attached hydrogen (secondary N) is 1. The summed E-state index contributed by atoms with van der Waals surface area (Å²) in [5.41, 5.74) is -0.658. The normalized spacial score (nSPS) is 11.9. The van der Waals surface area contributed by atoms with Crippen molar-refractivity contribution in [2.45, 2.75) is 19.4 Å². The van der Waals surface area contributed by atoms with Gasteiger partial charge in [0.25, 0.3) is 11.6 Å². The molecule has 1 amide bonds. The lowest BCUT2D eigenvalue weighted by Crippen LogP contribution is -2.33. The van der Waals surface area contributed by atoms with Crippen LogP contribution in [-0.4, -0.2) is 30.6 Å². The van der Waals surface area contributed by atoms with Crippen LogP contribution in [0.15, 0.2) is 18.2 Å². The van der Waals surface area contributed by atoms with Crippen LogP contribution in [0.25, 0.3) is 0 Å². The van der Waals surface area contributed by atoms with Crippen molar-refractivity contribution < 1.29 is 18.8 Å². The van der Waals surface area contributed by atoms with Gasteiger partial charge in [0.05, 0.1) is 10.5 Å². The zero-order valence-corrected chi connectivity index (χ0v) is 10.7. The second-order valence-corrected chi connectivity index (χ2v) is 4.08.